The minimum absolute atomic E-state index is 0. The van der Waals surface area contributed by atoms with Crippen molar-refractivity contribution >= 4 is 5.97 Å². The molecule has 79 heavy (non-hydrogen) atoms. The van der Waals surface area contributed by atoms with E-state index in [-0.39, 0.29) is 176 Å². The Bertz CT molecular complexity index is 3420. The number of aromatic carboxylic acids is 1. The number of hydrogen-bond donors (Lipinski definition) is 1. The van der Waals surface area contributed by atoms with E-state index in [1.54, 1.807) is 19.2 Å². The minimum atomic E-state index is -1.36. The molecule has 6 aromatic carbocycles. The third-order valence-corrected chi connectivity index (χ3v) is 15.1. The fraction of sp³-hybridized carbons (Fsp3) is 0.277. The zero-order valence-electron chi connectivity index (χ0n) is 45.6. The summed E-state index contributed by atoms with van der Waals surface area (Å²) in [5, 5.41) is 22.3. The summed E-state index contributed by atoms with van der Waals surface area (Å²) in [6.45, 7) is 7.69. The summed E-state index contributed by atoms with van der Waals surface area (Å²) in [6.07, 6.45) is 5.29. The van der Waals surface area contributed by atoms with Crippen LogP contribution in [0.4, 0.5) is 0 Å². The molecular formula is C65H60Cs2N2O10. The Morgan fingerprint density at radius 3 is 1.66 bits per heavy atom. The Balaban J connectivity index is 0.00000378. The van der Waals surface area contributed by atoms with E-state index in [0.717, 1.165) is 85.4 Å². The van der Waals surface area contributed by atoms with Crippen molar-refractivity contribution in [2.45, 2.75) is 37.5 Å². The topological polar surface area (TPSA) is 151 Å². The summed E-state index contributed by atoms with van der Waals surface area (Å²) >= 11 is 0. The van der Waals surface area contributed by atoms with Crippen LogP contribution >= 0.6 is 0 Å². The number of carboxylic acids is 1. The number of hydrogen-bond acceptors (Lipinski definition) is 12. The van der Waals surface area contributed by atoms with Crippen LogP contribution in [0.3, 0.4) is 0 Å². The molecule has 12 nitrogen and oxygen atoms in total. The van der Waals surface area contributed by atoms with Gasteiger partial charge in [0.15, 0.2) is 6.79 Å². The van der Waals surface area contributed by atoms with Gasteiger partial charge in [0.1, 0.15) is 12.4 Å². The number of aliphatic hydroxyl groups is 1. The number of fused-ring (bicyclic) bond motifs is 13. The molecule has 0 saturated carbocycles. The van der Waals surface area contributed by atoms with Crippen molar-refractivity contribution in [1.29, 1.82) is 0 Å². The fourth-order valence-electron chi connectivity index (χ4n) is 11.7. The molecule has 0 saturated heterocycles. The van der Waals surface area contributed by atoms with Gasteiger partial charge in [0, 0.05) is 42.8 Å². The second-order valence-electron chi connectivity index (χ2n) is 19.6. The van der Waals surface area contributed by atoms with Crippen molar-refractivity contribution in [3.63, 3.8) is 0 Å². The van der Waals surface area contributed by atoms with Gasteiger partial charge in [-0.1, -0.05) is 96.1 Å². The molecule has 8 aromatic rings. The molecule has 0 amide bonds. The number of carbonyl (C=O) groups excluding carboxylic acids is 1. The first-order chi connectivity index (χ1) is 37.8. The summed E-state index contributed by atoms with van der Waals surface area (Å²) in [7, 11) is 1.62. The minimum Gasteiger partial charge on any atom is -0.545 e. The number of aryl methyl sites for hydroxylation is 2. The quantitative estimate of drug-likeness (QED) is 0.0533. The van der Waals surface area contributed by atoms with E-state index in [9.17, 15) is 9.90 Å². The van der Waals surface area contributed by atoms with E-state index in [2.05, 4.69) is 105 Å². The number of methoxy groups -OCH3 is 1. The third-order valence-electron chi connectivity index (χ3n) is 15.1. The smallest absolute Gasteiger partial charge is 0.545 e. The molecule has 3 aliphatic rings. The monoisotopic (exact) mass is 1290 g/mol. The molecule has 1 unspecified atom stereocenters. The molecule has 0 radical (unpaired) electrons. The Hall–Kier alpha value is -3.45. The summed E-state index contributed by atoms with van der Waals surface area (Å²) in [6, 6.07) is 49.9. The van der Waals surface area contributed by atoms with Crippen molar-refractivity contribution in [2.75, 3.05) is 80.0 Å². The van der Waals surface area contributed by atoms with Crippen molar-refractivity contribution in [3.8, 4) is 56.3 Å². The fourth-order valence-corrected chi connectivity index (χ4v) is 11.7. The first-order valence-corrected chi connectivity index (χ1v) is 26.3. The molecule has 2 aromatic heterocycles. The van der Waals surface area contributed by atoms with Gasteiger partial charge < -0.3 is 48.2 Å². The number of pyridine rings is 2. The Morgan fingerprint density at radius 1 is 0.544 bits per heavy atom. The Labute approximate surface area is 579 Å². The van der Waals surface area contributed by atoms with E-state index in [1.165, 1.54) is 22.3 Å². The number of ether oxygens (including phenoxy) is 7. The van der Waals surface area contributed by atoms with Gasteiger partial charge in [0.05, 0.1) is 75.6 Å². The van der Waals surface area contributed by atoms with Crippen LogP contribution < -0.4 is 152 Å². The van der Waals surface area contributed by atoms with Crippen LogP contribution in [0.5, 0.6) is 11.5 Å². The zero-order valence-corrected chi connectivity index (χ0v) is 58.1. The van der Waals surface area contributed by atoms with Crippen LogP contribution in [0.1, 0.15) is 78.8 Å². The zero-order chi connectivity index (χ0) is 52.9. The maximum atomic E-state index is 13.3. The average molecular weight is 1300 g/mol. The van der Waals surface area contributed by atoms with Gasteiger partial charge in [-0.3, -0.25) is 9.97 Å². The summed E-state index contributed by atoms with van der Waals surface area (Å²) < 4.78 is 39.6. The first kappa shape index (κ1) is 60.2. The second-order valence-corrected chi connectivity index (χ2v) is 19.6. The van der Waals surface area contributed by atoms with Gasteiger partial charge in [0.2, 0.25) is 0 Å². The van der Waals surface area contributed by atoms with Crippen molar-refractivity contribution in [2.24, 2.45) is 0 Å². The van der Waals surface area contributed by atoms with Crippen LogP contribution in [0, 0.1) is 19.9 Å². The van der Waals surface area contributed by atoms with Crippen molar-refractivity contribution < 1.29 is 186 Å². The summed E-state index contributed by atoms with van der Waals surface area (Å²) in [5.41, 5.74) is 16.8. The number of aromatic nitrogens is 2. The van der Waals surface area contributed by atoms with E-state index in [1.807, 2.05) is 48.8 Å². The normalized spacial score (nSPS) is 14.5. The molecule has 1 N–H and O–H groups in total. The van der Waals surface area contributed by atoms with E-state index >= 15 is 0 Å². The number of rotatable bonds is 24. The van der Waals surface area contributed by atoms with Gasteiger partial charge in [-0.05, 0) is 129 Å². The molecule has 0 bridgehead atoms. The number of carboxylic acid groups (broad SMARTS) is 1. The number of unbranched alkanes of at least 4 members (excludes halogenated alkanes) is 1. The van der Waals surface area contributed by atoms with Crippen LogP contribution in [-0.2, 0) is 34.5 Å². The van der Waals surface area contributed by atoms with Gasteiger partial charge in [0.25, 0.3) is 0 Å². The van der Waals surface area contributed by atoms with Gasteiger partial charge in [-0.25, -0.2) is 0 Å². The SMILES string of the molecule is COCCOCCOCCOc1ccc(C2(c3c[c-]c(OCOCCCCOCCO)cc3)c3cc(C)ccc3-c3ccc(-c4ccc5c(c4)C4(c6cc(C)ccc6-5)c5cccnc5-c5ncccc54)cc32)cc1C(=O)[O-].[Cs+].[Cs+]. The largest absolute Gasteiger partial charge is 1.00 e. The number of carbonyl (C=O) groups is 1. The van der Waals surface area contributed by atoms with E-state index in [4.69, 9.17) is 48.2 Å². The Morgan fingerprint density at radius 2 is 1.08 bits per heavy atom. The van der Waals surface area contributed by atoms with Crippen molar-refractivity contribution in [3.05, 3.63) is 213 Å². The molecule has 1 spiro atoms. The van der Waals surface area contributed by atoms with Crippen LogP contribution in [-0.4, -0.2) is 101 Å². The molecule has 2 heterocycles. The molecule has 1 atom stereocenters. The maximum Gasteiger partial charge on any atom is 1.00 e. The van der Waals surface area contributed by atoms with Gasteiger partial charge >= 0.3 is 138 Å². The van der Waals surface area contributed by atoms with Gasteiger partial charge in [-0.15, -0.1) is 17.7 Å². The predicted octanol–water partition coefficient (Wildman–Crippen LogP) is 3.84. The van der Waals surface area contributed by atoms with Crippen LogP contribution in [0.2, 0.25) is 0 Å². The number of nitrogens with zero attached hydrogens (tertiary/aromatic N) is 2. The van der Waals surface area contributed by atoms with Gasteiger partial charge in [-0.2, -0.15) is 12.1 Å². The van der Waals surface area contributed by atoms with Crippen molar-refractivity contribution in [1.82, 2.24) is 9.97 Å². The standard InChI is InChI=1S/C65H61N2O10.2Cs/c1-42-10-19-49-51-21-12-44(45-13-22-52-50-20-11-43(2)37-57(50)65(59(52)39-45)54-8-6-24-66-61(54)62-55(65)9-7-25-67-62)38-58(51)64(56(49)36-42,46-14-17-48(18-15-46)77-41-75-28-5-4-27-72-29-26-68)47-16-23-60(53(40-47)63(69)70)76-35-34-74-33-32-73-31-30-71-3;;/h6-17,19-25,36-40,68H,4-5,26-35,41H2,1-3H3,(H,69,70);;/q-1;2*+1/p-1. The molecule has 11 rings (SSSR count). The molecule has 392 valence electrons. The summed E-state index contributed by atoms with van der Waals surface area (Å²) in [5.74, 6) is -0.687. The molecular weight excluding hydrogens is 1230 g/mol. The number of aliphatic hydroxyl groups excluding tert-OH is 1. The summed E-state index contributed by atoms with van der Waals surface area (Å²) in [4.78, 5) is 23.2. The third kappa shape index (κ3) is 11.6. The average Bonchev–Trinajstić information content (AvgIpc) is 2.54. The Kier molecular flexibility index (Phi) is 20.8. The molecule has 0 aliphatic heterocycles. The molecule has 0 fully saturated rings. The second kappa shape index (κ2) is 27.3. The molecule has 3 aliphatic carbocycles. The van der Waals surface area contributed by atoms with Crippen LogP contribution in [0.25, 0.3) is 44.8 Å². The van der Waals surface area contributed by atoms with E-state index < -0.39 is 16.8 Å². The predicted molar refractivity (Wildman–Crippen MR) is 291 cm³/mol. The molecule has 14 heteroatoms. The maximum absolute atomic E-state index is 13.3. The first-order valence-electron chi connectivity index (χ1n) is 26.3. The van der Waals surface area contributed by atoms with E-state index in [0.29, 0.717) is 57.6 Å². The van der Waals surface area contributed by atoms with Crippen LogP contribution in [0.15, 0.2) is 146 Å². The number of benzene rings is 6.